The fraction of sp³-hybridized carbons (Fsp3) is 0.435. The van der Waals surface area contributed by atoms with Gasteiger partial charge in [0.2, 0.25) is 0 Å². The lowest BCUT2D eigenvalue weighted by Crippen LogP contribution is -2.42. The minimum Gasteiger partial charge on any atom is -0.489 e. The number of carbonyl (C=O) groups is 1. The maximum absolute atomic E-state index is 14.3. The number of nitrogens with zero attached hydrogens (tertiary/aromatic N) is 1. The molecule has 1 aliphatic carbocycles. The molecule has 2 atom stereocenters. The van der Waals surface area contributed by atoms with Crippen molar-refractivity contribution in [2.75, 3.05) is 13.1 Å². The maximum atomic E-state index is 14.3. The van der Waals surface area contributed by atoms with E-state index in [0.29, 0.717) is 17.3 Å². The van der Waals surface area contributed by atoms with Crippen LogP contribution in [0.4, 0.5) is 8.78 Å². The number of hydrogen-bond donors (Lipinski definition) is 1. The monoisotopic (exact) mass is 435 g/mol. The van der Waals surface area contributed by atoms with Gasteiger partial charge in [0.15, 0.2) is 0 Å². The van der Waals surface area contributed by atoms with Crippen molar-refractivity contribution in [2.24, 2.45) is 0 Å². The Bertz CT molecular complexity index is 964. The number of likely N-dealkylation sites (tertiary alicyclic amines) is 1. The van der Waals surface area contributed by atoms with Crippen molar-refractivity contribution >= 4 is 17.6 Å². The van der Waals surface area contributed by atoms with E-state index in [9.17, 15) is 18.7 Å². The molecule has 0 spiro atoms. The highest BCUT2D eigenvalue weighted by atomic mass is 35.5. The number of halogens is 3. The Balaban J connectivity index is 1.52. The predicted octanol–water partition coefficient (Wildman–Crippen LogP) is 5.80. The van der Waals surface area contributed by atoms with Crippen LogP contribution in [0.25, 0.3) is 0 Å². The SMILES string of the molecule is C[C@H](c1ccc(F)cc1Cl)N1CCC[C@@H](Oc2cc(F)c(C(=O)O)cc2C2CC2)C1. The summed E-state index contributed by atoms with van der Waals surface area (Å²) in [5, 5.41) is 9.62. The van der Waals surface area contributed by atoms with Crippen molar-refractivity contribution in [1.29, 1.82) is 0 Å². The maximum Gasteiger partial charge on any atom is 0.338 e. The molecule has 0 aromatic heterocycles. The van der Waals surface area contributed by atoms with Crippen LogP contribution in [0.15, 0.2) is 30.3 Å². The van der Waals surface area contributed by atoms with E-state index in [1.807, 2.05) is 6.92 Å². The molecule has 2 aromatic rings. The third-order valence-corrected chi connectivity index (χ3v) is 6.34. The number of rotatable bonds is 6. The van der Waals surface area contributed by atoms with Crippen LogP contribution >= 0.6 is 11.6 Å². The van der Waals surface area contributed by atoms with Gasteiger partial charge in [0.25, 0.3) is 0 Å². The molecular weight excluding hydrogens is 412 g/mol. The number of benzene rings is 2. The molecule has 1 saturated carbocycles. The number of carboxylic acids is 1. The zero-order chi connectivity index (χ0) is 21.4. The molecule has 1 aliphatic heterocycles. The smallest absolute Gasteiger partial charge is 0.338 e. The third kappa shape index (κ3) is 4.44. The van der Waals surface area contributed by atoms with Gasteiger partial charge in [-0.25, -0.2) is 13.6 Å². The van der Waals surface area contributed by atoms with Gasteiger partial charge in [-0.2, -0.15) is 0 Å². The standard InChI is InChI=1S/C23H24ClF2NO3/c1-13(17-7-6-15(25)9-20(17)24)27-8-2-3-16(12-27)30-22-11-21(26)19(23(28)29)10-18(22)14-4-5-14/h6-7,9-11,13-14,16H,2-5,8,12H2,1H3,(H,28,29)/t13-,16-/m1/s1. The van der Waals surface area contributed by atoms with Crippen LogP contribution < -0.4 is 4.74 Å². The minimum absolute atomic E-state index is 0.0153. The summed E-state index contributed by atoms with van der Waals surface area (Å²) in [6.45, 7) is 3.51. The fourth-order valence-corrected chi connectivity index (χ4v) is 4.51. The molecule has 0 unspecified atom stereocenters. The quantitative estimate of drug-likeness (QED) is 0.623. The van der Waals surface area contributed by atoms with Crippen LogP contribution in [0.2, 0.25) is 5.02 Å². The predicted molar refractivity (Wildman–Crippen MR) is 110 cm³/mol. The van der Waals surface area contributed by atoms with Crippen LogP contribution in [-0.2, 0) is 0 Å². The van der Waals surface area contributed by atoms with E-state index in [1.54, 1.807) is 6.07 Å². The largest absolute Gasteiger partial charge is 0.489 e. The second-order valence-corrected chi connectivity index (χ2v) is 8.58. The molecule has 0 amide bonds. The van der Waals surface area contributed by atoms with Crippen LogP contribution in [-0.4, -0.2) is 35.2 Å². The van der Waals surface area contributed by atoms with Gasteiger partial charge in [-0.1, -0.05) is 17.7 Å². The van der Waals surface area contributed by atoms with Crippen LogP contribution in [0, 0.1) is 11.6 Å². The van der Waals surface area contributed by atoms with E-state index in [4.69, 9.17) is 16.3 Å². The first-order valence-corrected chi connectivity index (χ1v) is 10.6. The topological polar surface area (TPSA) is 49.8 Å². The molecule has 2 fully saturated rings. The van der Waals surface area contributed by atoms with Crippen LogP contribution in [0.1, 0.15) is 66.1 Å². The summed E-state index contributed by atoms with van der Waals surface area (Å²) in [5.41, 5.74) is 1.32. The molecule has 30 heavy (non-hydrogen) atoms. The highest BCUT2D eigenvalue weighted by molar-refractivity contribution is 6.31. The summed E-state index contributed by atoms with van der Waals surface area (Å²) < 4.78 is 33.9. The molecule has 0 bridgehead atoms. The molecule has 1 N–H and O–H groups in total. The van der Waals surface area contributed by atoms with E-state index in [0.717, 1.165) is 43.4 Å². The Hall–Kier alpha value is -2.18. The van der Waals surface area contributed by atoms with Gasteiger partial charge in [0.05, 0.1) is 5.56 Å². The lowest BCUT2D eigenvalue weighted by Gasteiger charge is -2.37. The molecule has 1 heterocycles. The molecule has 0 radical (unpaired) electrons. The van der Waals surface area contributed by atoms with E-state index >= 15 is 0 Å². The summed E-state index contributed by atoms with van der Waals surface area (Å²) in [7, 11) is 0. The first kappa shape index (κ1) is 21.1. The number of aromatic carboxylic acids is 1. The summed E-state index contributed by atoms with van der Waals surface area (Å²) in [6.07, 6.45) is 3.50. The van der Waals surface area contributed by atoms with E-state index in [-0.39, 0.29) is 29.4 Å². The number of ether oxygens (including phenoxy) is 1. The Morgan fingerprint density at radius 2 is 2.00 bits per heavy atom. The van der Waals surface area contributed by atoms with E-state index < -0.39 is 11.8 Å². The Morgan fingerprint density at radius 3 is 2.67 bits per heavy atom. The summed E-state index contributed by atoms with van der Waals surface area (Å²) >= 11 is 6.24. The van der Waals surface area contributed by atoms with Crippen molar-refractivity contribution in [3.8, 4) is 5.75 Å². The van der Waals surface area contributed by atoms with Crippen molar-refractivity contribution in [2.45, 2.75) is 50.7 Å². The second kappa shape index (κ2) is 8.52. The van der Waals surface area contributed by atoms with Crippen molar-refractivity contribution < 1.29 is 23.4 Å². The zero-order valence-electron chi connectivity index (χ0n) is 16.7. The van der Waals surface area contributed by atoms with Crippen LogP contribution in [0.3, 0.4) is 0 Å². The molecular formula is C23H24ClF2NO3. The summed E-state index contributed by atoms with van der Waals surface area (Å²) in [4.78, 5) is 13.5. The molecule has 4 nitrogen and oxygen atoms in total. The van der Waals surface area contributed by atoms with Crippen molar-refractivity contribution in [3.05, 3.63) is 63.7 Å². The Kier molecular flexibility index (Phi) is 5.98. The van der Waals surface area contributed by atoms with Gasteiger partial charge >= 0.3 is 5.97 Å². The van der Waals surface area contributed by atoms with Gasteiger partial charge < -0.3 is 9.84 Å². The first-order valence-electron chi connectivity index (χ1n) is 10.3. The van der Waals surface area contributed by atoms with Gasteiger partial charge in [0, 0.05) is 23.7 Å². The van der Waals surface area contributed by atoms with Crippen molar-refractivity contribution in [3.63, 3.8) is 0 Å². The lowest BCUT2D eigenvalue weighted by molar-refractivity contribution is 0.0647. The molecule has 4 rings (SSSR count). The van der Waals surface area contributed by atoms with Crippen LogP contribution in [0.5, 0.6) is 5.75 Å². The Morgan fingerprint density at radius 1 is 1.23 bits per heavy atom. The van der Waals surface area contributed by atoms with Gasteiger partial charge in [0.1, 0.15) is 23.5 Å². The fourth-order valence-electron chi connectivity index (χ4n) is 4.18. The lowest BCUT2D eigenvalue weighted by atomic mass is 10.0. The van der Waals surface area contributed by atoms with E-state index in [2.05, 4.69) is 4.90 Å². The van der Waals surface area contributed by atoms with Gasteiger partial charge in [-0.15, -0.1) is 0 Å². The summed E-state index contributed by atoms with van der Waals surface area (Å²) in [5.74, 6) is -1.74. The summed E-state index contributed by atoms with van der Waals surface area (Å²) in [6, 6.07) is 7.06. The highest BCUT2D eigenvalue weighted by Crippen LogP contribution is 2.45. The van der Waals surface area contributed by atoms with E-state index in [1.165, 1.54) is 24.3 Å². The average Bonchev–Trinajstić information content (AvgIpc) is 3.53. The molecule has 160 valence electrons. The zero-order valence-corrected chi connectivity index (χ0v) is 17.5. The molecule has 2 aliphatic rings. The normalized spacial score (nSPS) is 20.7. The Labute approximate surface area is 179 Å². The van der Waals surface area contributed by atoms with Crippen molar-refractivity contribution in [1.82, 2.24) is 4.90 Å². The molecule has 1 saturated heterocycles. The highest BCUT2D eigenvalue weighted by Gasteiger charge is 2.32. The van der Waals surface area contributed by atoms with Gasteiger partial charge in [-0.3, -0.25) is 4.90 Å². The minimum atomic E-state index is -1.27. The van der Waals surface area contributed by atoms with Gasteiger partial charge in [-0.05, 0) is 74.4 Å². The average molecular weight is 436 g/mol. The number of piperidine rings is 1. The number of carboxylic acid groups (broad SMARTS) is 1. The number of hydrogen-bond acceptors (Lipinski definition) is 3. The second-order valence-electron chi connectivity index (χ2n) is 8.17. The first-order chi connectivity index (χ1) is 14.3. The molecule has 2 aromatic carbocycles. The third-order valence-electron chi connectivity index (χ3n) is 6.01. The molecule has 7 heteroatoms.